The molecule has 0 saturated carbocycles. The van der Waals surface area contributed by atoms with E-state index >= 15 is 0 Å². The van der Waals surface area contributed by atoms with Crippen LogP contribution in [0.5, 0.6) is 5.75 Å². The monoisotopic (exact) mass is 337 g/mol. The predicted octanol–water partition coefficient (Wildman–Crippen LogP) is 6.10. The molecule has 0 fully saturated rings. The second-order valence-corrected chi connectivity index (χ2v) is 6.38. The minimum absolute atomic E-state index is 0.236. The number of aromatic nitrogens is 1. The van der Waals surface area contributed by atoms with Crippen molar-refractivity contribution in [1.29, 1.82) is 0 Å². The molecular weight excluding hydrogens is 318 g/mol. The Bertz CT molecular complexity index is 1040. The number of para-hydroxylation sites is 1. The lowest BCUT2D eigenvalue weighted by Crippen LogP contribution is -1.91. The average molecular weight is 337 g/mol. The summed E-state index contributed by atoms with van der Waals surface area (Å²) in [4.78, 5) is 4.83. The van der Waals surface area contributed by atoms with Crippen LogP contribution in [0.3, 0.4) is 0 Å². The topological polar surface area (TPSA) is 33.1 Å². The Hall–Kier alpha value is -3.39. The first kappa shape index (κ1) is 16.1. The summed E-state index contributed by atoms with van der Waals surface area (Å²) in [5.41, 5.74) is 6.87. The maximum atomic E-state index is 10.3. The molecule has 4 aromatic rings. The Balaban J connectivity index is 1.93. The van der Waals surface area contributed by atoms with Crippen molar-refractivity contribution in [3.63, 3.8) is 0 Å². The van der Waals surface area contributed by atoms with E-state index in [1.165, 1.54) is 5.56 Å². The average Bonchev–Trinajstić information content (AvgIpc) is 2.69. The zero-order valence-electron chi connectivity index (χ0n) is 14.6. The van der Waals surface area contributed by atoms with Crippen LogP contribution in [-0.2, 0) is 0 Å². The minimum Gasteiger partial charge on any atom is -0.507 e. The standard InChI is InChI=1S/C24H19NO/c1-17-11-13-19(14-12-17)22-15-20(18-7-3-2-4-8-18)16-23(25-22)21-9-5-6-10-24(21)26/h2-16,26H,1H3. The smallest absolute Gasteiger partial charge is 0.124 e. The van der Waals surface area contributed by atoms with Crippen molar-refractivity contribution in [2.75, 3.05) is 0 Å². The summed E-state index contributed by atoms with van der Waals surface area (Å²) in [6, 6.07) is 30.0. The minimum atomic E-state index is 0.236. The number of aryl methyl sites for hydroxylation is 1. The number of nitrogens with zero attached hydrogens (tertiary/aromatic N) is 1. The van der Waals surface area contributed by atoms with Gasteiger partial charge in [0.25, 0.3) is 0 Å². The largest absolute Gasteiger partial charge is 0.507 e. The first-order valence-electron chi connectivity index (χ1n) is 8.63. The Morgan fingerprint density at radius 1 is 0.615 bits per heavy atom. The maximum absolute atomic E-state index is 10.3. The highest BCUT2D eigenvalue weighted by molar-refractivity contribution is 5.78. The molecule has 0 atom stereocenters. The normalized spacial score (nSPS) is 10.7. The molecule has 0 aliphatic rings. The second kappa shape index (κ2) is 6.85. The van der Waals surface area contributed by atoms with Crippen LogP contribution in [0.15, 0.2) is 91.0 Å². The van der Waals surface area contributed by atoms with Crippen LogP contribution in [0.1, 0.15) is 5.56 Å². The highest BCUT2D eigenvalue weighted by Gasteiger charge is 2.11. The van der Waals surface area contributed by atoms with Gasteiger partial charge in [-0.1, -0.05) is 72.3 Å². The van der Waals surface area contributed by atoms with Crippen molar-refractivity contribution in [2.24, 2.45) is 0 Å². The van der Waals surface area contributed by atoms with Gasteiger partial charge in [-0.2, -0.15) is 0 Å². The summed E-state index contributed by atoms with van der Waals surface area (Å²) in [6.45, 7) is 2.07. The molecule has 3 aromatic carbocycles. The van der Waals surface area contributed by atoms with E-state index in [4.69, 9.17) is 4.98 Å². The van der Waals surface area contributed by atoms with Crippen molar-refractivity contribution in [3.8, 4) is 39.4 Å². The second-order valence-electron chi connectivity index (χ2n) is 6.38. The van der Waals surface area contributed by atoms with Crippen LogP contribution in [0.2, 0.25) is 0 Å². The molecule has 0 aliphatic carbocycles. The van der Waals surface area contributed by atoms with E-state index in [9.17, 15) is 5.11 Å². The van der Waals surface area contributed by atoms with Gasteiger partial charge in [-0.25, -0.2) is 4.98 Å². The molecule has 2 heteroatoms. The van der Waals surface area contributed by atoms with E-state index < -0.39 is 0 Å². The summed E-state index contributed by atoms with van der Waals surface area (Å²) >= 11 is 0. The van der Waals surface area contributed by atoms with Crippen molar-refractivity contribution in [2.45, 2.75) is 6.92 Å². The Kier molecular flexibility index (Phi) is 4.24. The van der Waals surface area contributed by atoms with Crippen LogP contribution < -0.4 is 0 Å². The van der Waals surface area contributed by atoms with Gasteiger partial charge < -0.3 is 5.11 Å². The summed E-state index contributed by atoms with van der Waals surface area (Å²) in [5.74, 6) is 0.236. The van der Waals surface area contributed by atoms with E-state index in [2.05, 4.69) is 49.4 Å². The van der Waals surface area contributed by atoms with E-state index in [1.54, 1.807) is 6.07 Å². The summed E-state index contributed by atoms with van der Waals surface area (Å²) in [5, 5.41) is 10.3. The number of rotatable bonds is 3. The number of benzene rings is 3. The fraction of sp³-hybridized carbons (Fsp3) is 0.0417. The number of phenols is 1. The molecule has 1 heterocycles. The molecule has 4 rings (SSSR count). The number of hydrogen-bond acceptors (Lipinski definition) is 2. The third kappa shape index (κ3) is 3.22. The first-order valence-corrected chi connectivity index (χ1v) is 8.63. The van der Waals surface area contributed by atoms with Gasteiger partial charge in [0.1, 0.15) is 5.75 Å². The van der Waals surface area contributed by atoms with Gasteiger partial charge >= 0.3 is 0 Å². The lowest BCUT2D eigenvalue weighted by molar-refractivity contribution is 0.477. The fourth-order valence-corrected chi connectivity index (χ4v) is 3.03. The number of pyridine rings is 1. The predicted molar refractivity (Wildman–Crippen MR) is 107 cm³/mol. The Morgan fingerprint density at radius 2 is 1.27 bits per heavy atom. The number of hydrogen-bond donors (Lipinski definition) is 1. The van der Waals surface area contributed by atoms with Gasteiger partial charge in [0, 0.05) is 11.1 Å². The maximum Gasteiger partial charge on any atom is 0.124 e. The van der Waals surface area contributed by atoms with Crippen LogP contribution in [0.4, 0.5) is 0 Å². The van der Waals surface area contributed by atoms with Crippen molar-refractivity contribution >= 4 is 0 Å². The van der Waals surface area contributed by atoms with E-state index in [0.29, 0.717) is 0 Å². The van der Waals surface area contributed by atoms with Gasteiger partial charge in [0.05, 0.1) is 11.4 Å². The highest BCUT2D eigenvalue weighted by Crippen LogP contribution is 2.33. The molecule has 2 nitrogen and oxygen atoms in total. The lowest BCUT2D eigenvalue weighted by Gasteiger charge is -2.11. The van der Waals surface area contributed by atoms with Gasteiger partial charge in [0.15, 0.2) is 0 Å². The molecule has 0 unspecified atom stereocenters. The highest BCUT2D eigenvalue weighted by atomic mass is 16.3. The summed E-state index contributed by atoms with van der Waals surface area (Å²) in [7, 11) is 0. The van der Waals surface area contributed by atoms with Crippen molar-refractivity contribution < 1.29 is 5.11 Å². The molecule has 26 heavy (non-hydrogen) atoms. The third-order valence-corrected chi connectivity index (χ3v) is 4.46. The zero-order valence-corrected chi connectivity index (χ0v) is 14.6. The third-order valence-electron chi connectivity index (χ3n) is 4.46. The molecule has 0 aliphatic heterocycles. The first-order chi connectivity index (χ1) is 12.7. The van der Waals surface area contributed by atoms with Crippen LogP contribution in [0.25, 0.3) is 33.6 Å². The van der Waals surface area contributed by atoms with Crippen LogP contribution in [-0.4, -0.2) is 10.1 Å². The SMILES string of the molecule is Cc1ccc(-c2cc(-c3ccccc3)cc(-c3ccccc3O)n2)cc1. The van der Waals surface area contributed by atoms with Crippen LogP contribution in [0, 0.1) is 6.92 Å². The molecule has 0 bridgehead atoms. The molecule has 126 valence electrons. The van der Waals surface area contributed by atoms with E-state index in [-0.39, 0.29) is 5.75 Å². The van der Waals surface area contributed by atoms with Gasteiger partial charge in [-0.05, 0) is 42.3 Å². The molecule has 0 radical (unpaired) electrons. The van der Waals surface area contributed by atoms with Gasteiger partial charge in [-0.3, -0.25) is 0 Å². The fourth-order valence-electron chi connectivity index (χ4n) is 3.03. The molecule has 1 aromatic heterocycles. The quantitative estimate of drug-likeness (QED) is 0.490. The zero-order chi connectivity index (χ0) is 17.9. The van der Waals surface area contributed by atoms with Crippen molar-refractivity contribution in [1.82, 2.24) is 4.98 Å². The molecule has 0 spiro atoms. The number of phenolic OH excluding ortho intramolecular Hbond substituents is 1. The Labute approximate surface area is 153 Å². The Morgan fingerprint density at radius 3 is 2.00 bits per heavy atom. The lowest BCUT2D eigenvalue weighted by atomic mass is 9.99. The molecule has 1 N–H and O–H groups in total. The van der Waals surface area contributed by atoms with Gasteiger partial charge in [0.2, 0.25) is 0 Å². The van der Waals surface area contributed by atoms with Crippen LogP contribution >= 0.6 is 0 Å². The van der Waals surface area contributed by atoms with Crippen molar-refractivity contribution in [3.05, 3.63) is 96.6 Å². The summed E-state index contributed by atoms with van der Waals surface area (Å²) < 4.78 is 0. The molecule has 0 amide bonds. The van der Waals surface area contributed by atoms with Gasteiger partial charge in [-0.15, -0.1) is 0 Å². The summed E-state index contributed by atoms with van der Waals surface area (Å²) in [6.07, 6.45) is 0. The molecular formula is C24H19NO. The number of aromatic hydroxyl groups is 1. The molecule has 0 saturated heterocycles. The van der Waals surface area contributed by atoms with E-state index in [1.807, 2.05) is 42.5 Å². The van der Waals surface area contributed by atoms with E-state index in [0.717, 1.165) is 33.6 Å².